The van der Waals surface area contributed by atoms with Gasteiger partial charge in [0.15, 0.2) is 5.03 Å². The maximum absolute atomic E-state index is 12.2. The molecule has 0 aliphatic carbocycles. The van der Waals surface area contributed by atoms with Crippen molar-refractivity contribution in [2.24, 2.45) is 0 Å². The molecule has 0 saturated carbocycles. The number of aromatic amines is 1. The number of hydrogen-bond acceptors (Lipinski definition) is 3. The number of aromatic nitrogens is 2. The monoisotopic (exact) mass is 293 g/mol. The Hall–Kier alpha value is -1.82. The van der Waals surface area contributed by atoms with Gasteiger partial charge in [-0.25, -0.2) is 4.98 Å². The summed E-state index contributed by atoms with van der Waals surface area (Å²) in [6, 6.07) is 7.38. The van der Waals surface area contributed by atoms with E-state index in [1.165, 1.54) is 11.8 Å². The van der Waals surface area contributed by atoms with E-state index in [0.717, 1.165) is 0 Å². The number of anilines is 1. The summed E-state index contributed by atoms with van der Waals surface area (Å²) in [7, 11) is -3.60. The second-order valence-electron chi connectivity index (χ2n) is 4.93. The van der Waals surface area contributed by atoms with Crippen LogP contribution in [0.2, 0.25) is 0 Å². The fourth-order valence-electron chi connectivity index (χ4n) is 1.81. The van der Waals surface area contributed by atoms with Gasteiger partial charge in [0, 0.05) is 12.1 Å². The van der Waals surface area contributed by atoms with Crippen LogP contribution in [0.4, 0.5) is 5.69 Å². The highest BCUT2D eigenvalue weighted by atomic mass is 32.2. The minimum atomic E-state index is -3.60. The Bertz CT molecular complexity index is 673. The van der Waals surface area contributed by atoms with Gasteiger partial charge in [-0.15, -0.1) is 0 Å². The van der Waals surface area contributed by atoms with Gasteiger partial charge < -0.3 is 4.98 Å². The van der Waals surface area contributed by atoms with Crippen LogP contribution in [0.3, 0.4) is 0 Å². The number of nitrogens with one attached hydrogen (secondary N) is 2. The molecule has 1 aromatic heterocycles. The fraction of sp³-hybridized carbons (Fsp3) is 0.357. The van der Waals surface area contributed by atoms with Crippen molar-refractivity contribution >= 4 is 15.7 Å². The molecule has 0 bridgehead atoms. The molecule has 0 unspecified atom stereocenters. The van der Waals surface area contributed by atoms with Crippen molar-refractivity contribution < 1.29 is 8.42 Å². The van der Waals surface area contributed by atoms with E-state index in [9.17, 15) is 8.42 Å². The van der Waals surface area contributed by atoms with Gasteiger partial charge in [0.1, 0.15) is 5.82 Å². The van der Waals surface area contributed by atoms with Gasteiger partial charge in [-0.3, -0.25) is 4.72 Å². The molecule has 1 aromatic carbocycles. The number of imidazole rings is 1. The third kappa shape index (κ3) is 3.19. The van der Waals surface area contributed by atoms with Crippen LogP contribution in [0, 0.1) is 0 Å². The van der Waals surface area contributed by atoms with Crippen molar-refractivity contribution in [1.29, 1.82) is 0 Å². The molecule has 1 heterocycles. The Kier molecular flexibility index (Phi) is 4.13. The van der Waals surface area contributed by atoms with Crippen molar-refractivity contribution in [3.8, 4) is 0 Å². The molecule has 0 aliphatic rings. The van der Waals surface area contributed by atoms with Crippen molar-refractivity contribution in [3.05, 3.63) is 41.9 Å². The zero-order valence-electron chi connectivity index (χ0n) is 11.8. The smallest absolute Gasteiger partial charge is 0.278 e. The summed E-state index contributed by atoms with van der Waals surface area (Å²) < 4.78 is 26.9. The van der Waals surface area contributed by atoms with Crippen LogP contribution in [-0.4, -0.2) is 18.4 Å². The lowest BCUT2D eigenvalue weighted by Gasteiger charge is -2.09. The van der Waals surface area contributed by atoms with Crippen molar-refractivity contribution in [3.63, 3.8) is 0 Å². The highest BCUT2D eigenvalue weighted by Crippen LogP contribution is 2.19. The van der Waals surface area contributed by atoms with Gasteiger partial charge in [0.25, 0.3) is 10.0 Å². The van der Waals surface area contributed by atoms with E-state index in [1.807, 2.05) is 19.1 Å². The molecule has 0 aliphatic heterocycles. The first-order chi connectivity index (χ1) is 9.42. The van der Waals surface area contributed by atoms with E-state index in [4.69, 9.17) is 0 Å². The van der Waals surface area contributed by atoms with Gasteiger partial charge >= 0.3 is 0 Å². The van der Waals surface area contributed by atoms with E-state index >= 15 is 0 Å². The number of hydrogen-bond donors (Lipinski definition) is 2. The van der Waals surface area contributed by atoms with Gasteiger partial charge in [-0.2, -0.15) is 8.42 Å². The lowest BCUT2D eigenvalue weighted by molar-refractivity contribution is 0.598. The SMILES string of the molecule is CCc1ncc(S(=O)(=O)Nc2ccc(C(C)C)cc2)[nH]1. The van der Waals surface area contributed by atoms with Crippen LogP contribution in [0.5, 0.6) is 0 Å². The molecule has 20 heavy (non-hydrogen) atoms. The zero-order chi connectivity index (χ0) is 14.8. The van der Waals surface area contributed by atoms with Gasteiger partial charge in [-0.1, -0.05) is 32.9 Å². The summed E-state index contributed by atoms with van der Waals surface area (Å²) in [6.45, 7) is 6.10. The minimum absolute atomic E-state index is 0.0855. The van der Waals surface area contributed by atoms with Gasteiger partial charge in [-0.05, 0) is 23.6 Å². The number of benzene rings is 1. The van der Waals surface area contributed by atoms with E-state index < -0.39 is 10.0 Å². The third-order valence-corrected chi connectivity index (χ3v) is 4.35. The predicted molar refractivity (Wildman–Crippen MR) is 79.3 cm³/mol. The molecule has 0 radical (unpaired) electrons. The van der Waals surface area contributed by atoms with Gasteiger partial charge in [0.05, 0.1) is 6.20 Å². The van der Waals surface area contributed by atoms with Crippen LogP contribution >= 0.6 is 0 Å². The van der Waals surface area contributed by atoms with Gasteiger partial charge in [0.2, 0.25) is 0 Å². The lowest BCUT2D eigenvalue weighted by Crippen LogP contribution is -2.13. The average Bonchev–Trinajstić information content (AvgIpc) is 2.88. The summed E-state index contributed by atoms with van der Waals surface area (Å²) in [5.41, 5.74) is 1.71. The number of rotatable bonds is 5. The molecule has 0 amide bonds. The van der Waals surface area contributed by atoms with Crippen molar-refractivity contribution in [1.82, 2.24) is 9.97 Å². The summed E-state index contributed by atoms with van der Waals surface area (Å²) >= 11 is 0. The molecule has 2 N–H and O–H groups in total. The predicted octanol–water partition coefficient (Wildman–Crippen LogP) is 2.90. The molecule has 6 heteroatoms. The largest absolute Gasteiger partial charge is 0.332 e. The number of nitrogens with zero attached hydrogens (tertiary/aromatic N) is 1. The summed E-state index contributed by atoms with van der Waals surface area (Å²) in [4.78, 5) is 6.80. The Morgan fingerprint density at radius 3 is 2.40 bits per heavy atom. The highest BCUT2D eigenvalue weighted by Gasteiger charge is 2.17. The Balaban J connectivity index is 2.19. The molecule has 5 nitrogen and oxygen atoms in total. The first-order valence-electron chi connectivity index (χ1n) is 6.59. The van der Waals surface area contributed by atoms with Crippen LogP contribution < -0.4 is 4.72 Å². The Morgan fingerprint density at radius 2 is 1.90 bits per heavy atom. The van der Waals surface area contributed by atoms with E-state index in [0.29, 0.717) is 23.9 Å². The van der Waals surface area contributed by atoms with E-state index in [-0.39, 0.29) is 5.03 Å². The average molecular weight is 293 g/mol. The third-order valence-electron chi connectivity index (χ3n) is 3.06. The minimum Gasteiger partial charge on any atom is -0.332 e. The maximum atomic E-state index is 12.2. The molecule has 0 spiro atoms. The normalized spacial score (nSPS) is 11.8. The standard InChI is InChI=1S/C14H19N3O2S/c1-4-13-15-9-14(16-13)20(18,19)17-12-7-5-11(6-8-12)10(2)3/h5-10,17H,4H2,1-3H3,(H,15,16). The first kappa shape index (κ1) is 14.6. The molecule has 2 rings (SSSR count). The van der Waals surface area contributed by atoms with Crippen LogP contribution in [-0.2, 0) is 16.4 Å². The highest BCUT2D eigenvalue weighted by molar-refractivity contribution is 7.92. The molecule has 0 atom stereocenters. The summed E-state index contributed by atoms with van der Waals surface area (Å²) in [5, 5.41) is 0.0855. The van der Waals surface area contributed by atoms with E-state index in [2.05, 4.69) is 28.5 Å². The summed E-state index contributed by atoms with van der Waals surface area (Å²) in [5.74, 6) is 1.07. The van der Waals surface area contributed by atoms with Crippen LogP contribution in [0.15, 0.2) is 35.5 Å². The molecule has 0 saturated heterocycles. The number of sulfonamides is 1. The molecular formula is C14H19N3O2S. The topological polar surface area (TPSA) is 74.8 Å². The summed E-state index contributed by atoms with van der Waals surface area (Å²) in [6.07, 6.45) is 2.00. The van der Waals surface area contributed by atoms with E-state index in [1.54, 1.807) is 12.1 Å². The Labute approximate surface area is 119 Å². The second-order valence-corrected chi connectivity index (χ2v) is 6.58. The van der Waals surface area contributed by atoms with Crippen molar-refractivity contribution in [2.75, 3.05) is 4.72 Å². The zero-order valence-corrected chi connectivity index (χ0v) is 12.7. The Morgan fingerprint density at radius 1 is 1.25 bits per heavy atom. The first-order valence-corrected chi connectivity index (χ1v) is 8.07. The molecule has 2 aromatic rings. The lowest BCUT2D eigenvalue weighted by atomic mass is 10.0. The fourth-order valence-corrected chi connectivity index (χ4v) is 2.81. The second kappa shape index (κ2) is 5.66. The van der Waals surface area contributed by atoms with Crippen LogP contribution in [0.1, 0.15) is 38.1 Å². The molecule has 108 valence electrons. The number of aryl methyl sites for hydroxylation is 1. The molecule has 0 fully saturated rings. The van der Waals surface area contributed by atoms with Crippen LogP contribution in [0.25, 0.3) is 0 Å². The quantitative estimate of drug-likeness (QED) is 0.890. The number of H-pyrrole nitrogens is 1. The van der Waals surface area contributed by atoms with Crippen molar-refractivity contribution in [2.45, 2.75) is 38.1 Å². The maximum Gasteiger partial charge on any atom is 0.278 e. The molecular weight excluding hydrogens is 274 g/mol.